The van der Waals surface area contributed by atoms with Crippen molar-refractivity contribution in [3.05, 3.63) is 28.8 Å². The van der Waals surface area contributed by atoms with Gasteiger partial charge in [0.2, 0.25) is 0 Å². The minimum absolute atomic E-state index is 0.556. The molecule has 0 aliphatic rings. The monoisotopic (exact) mass is 237 g/mol. The SMILES string of the molecule is Cc1cc(C)c(OCCCC(N)=S)cc1C. The van der Waals surface area contributed by atoms with Gasteiger partial charge in [0.15, 0.2) is 0 Å². The first-order valence-electron chi connectivity index (χ1n) is 5.49. The van der Waals surface area contributed by atoms with Gasteiger partial charge in [-0.15, -0.1) is 0 Å². The van der Waals surface area contributed by atoms with Crippen LogP contribution in [0.2, 0.25) is 0 Å². The molecule has 0 aromatic heterocycles. The van der Waals surface area contributed by atoms with Gasteiger partial charge in [0.1, 0.15) is 5.75 Å². The maximum atomic E-state index is 5.71. The highest BCUT2D eigenvalue weighted by Gasteiger charge is 2.02. The van der Waals surface area contributed by atoms with Crippen molar-refractivity contribution in [3.63, 3.8) is 0 Å². The maximum absolute atomic E-state index is 5.71. The van der Waals surface area contributed by atoms with Crippen molar-refractivity contribution in [2.45, 2.75) is 33.6 Å². The van der Waals surface area contributed by atoms with Crippen LogP contribution < -0.4 is 10.5 Å². The van der Waals surface area contributed by atoms with Crippen LogP contribution in [0.3, 0.4) is 0 Å². The number of aryl methyl sites for hydroxylation is 3. The summed E-state index contributed by atoms with van der Waals surface area (Å²) in [7, 11) is 0. The zero-order chi connectivity index (χ0) is 12.1. The van der Waals surface area contributed by atoms with Gasteiger partial charge in [-0.3, -0.25) is 0 Å². The van der Waals surface area contributed by atoms with E-state index in [1.807, 2.05) is 0 Å². The summed E-state index contributed by atoms with van der Waals surface area (Å²) in [4.78, 5) is 0.556. The van der Waals surface area contributed by atoms with Gasteiger partial charge in [-0.1, -0.05) is 18.3 Å². The zero-order valence-electron chi connectivity index (χ0n) is 10.2. The van der Waals surface area contributed by atoms with E-state index >= 15 is 0 Å². The third-order valence-corrected chi connectivity index (χ3v) is 2.82. The van der Waals surface area contributed by atoms with Gasteiger partial charge in [-0.25, -0.2) is 0 Å². The number of hydrogen-bond donors (Lipinski definition) is 1. The van der Waals surface area contributed by atoms with E-state index in [0.29, 0.717) is 11.6 Å². The molecule has 0 unspecified atom stereocenters. The molecule has 0 heterocycles. The quantitative estimate of drug-likeness (QED) is 0.631. The summed E-state index contributed by atoms with van der Waals surface area (Å²) in [5.74, 6) is 0.964. The third kappa shape index (κ3) is 3.81. The number of benzene rings is 1. The zero-order valence-corrected chi connectivity index (χ0v) is 11.0. The molecular formula is C13H19NOS. The predicted molar refractivity (Wildman–Crippen MR) is 72.2 cm³/mol. The molecule has 3 heteroatoms. The van der Waals surface area contributed by atoms with Crippen LogP contribution in [0.15, 0.2) is 12.1 Å². The normalized spacial score (nSPS) is 10.2. The minimum Gasteiger partial charge on any atom is -0.493 e. The molecule has 2 nitrogen and oxygen atoms in total. The fourth-order valence-corrected chi connectivity index (χ4v) is 1.66. The lowest BCUT2D eigenvalue weighted by Crippen LogP contribution is -2.09. The fraction of sp³-hybridized carbons (Fsp3) is 0.462. The van der Waals surface area contributed by atoms with E-state index in [2.05, 4.69) is 32.9 Å². The van der Waals surface area contributed by atoms with E-state index in [1.165, 1.54) is 16.7 Å². The van der Waals surface area contributed by atoms with Crippen LogP contribution >= 0.6 is 12.2 Å². The average molecular weight is 237 g/mol. The van der Waals surface area contributed by atoms with Crippen molar-refractivity contribution in [2.24, 2.45) is 5.73 Å². The second-order valence-electron chi connectivity index (χ2n) is 4.12. The molecule has 0 atom stereocenters. The van der Waals surface area contributed by atoms with Gasteiger partial charge in [-0.2, -0.15) is 0 Å². The first kappa shape index (κ1) is 13.0. The Bertz CT molecular complexity index is 388. The second-order valence-corrected chi connectivity index (χ2v) is 4.64. The third-order valence-electron chi connectivity index (χ3n) is 2.62. The van der Waals surface area contributed by atoms with Gasteiger partial charge in [0, 0.05) is 6.42 Å². The predicted octanol–water partition coefficient (Wildman–Crippen LogP) is 3.06. The van der Waals surface area contributed by atoms with Gasteiger partial charge < -0.3 is 10.5 Å². The van der Waals surface area contributed by atoms with Crippen molar-refractivity contribution in [2.75, 3.05) is 6.61 Å². The Balaban J connectivity index is 2.54. The molecule has 1 rings (SSSR count). The molecule has 0 aliphatic heterocycles. The topological polar surface area (TPSA) is 35.2 Å². The largest absolute Gasteiger partial charge is 0.493 e. The molecule has 0 spiro atoms. The van der Waals surface area contributed by atoms with Crippen LogP contribution in [0.1, 0.15) is 29.5 Å². The highest BCUT2D eigenvalue weighted by atomic mass is 32.1. The van der Waals surface area contributed by atoms with Crippen LogP contribution in [0.5, 0.6) is 5.75 Å². The Hall–Kier alpha value is -1.09. The Labute approximate surface area is 103 Å². The first-order valence-corrected chi connectivity index (χ1v) is 5.90. The molecule has 0 bridgehead atoms. The molecule has 0 radical (unpaired) electrons. The summed E-state index contributed by atoms with van der Waals surface area (Å²) in [5, 5.41) is 0. The maximum Gasteiger partial charge on any atom is 0.122 e. The van der Waals surface area contributed by atoms with E-state index in [1.54, 1.807) is 0 Å². The molecule has 0 amide bonds. The number of nitrogens with two attached hydrogens (primary N) is 1. The van der Waals surface area contributed by atoms with E-state index < -0.39 is 0 Å². The van der Waals surface area contributed by atoms with Crippen molar-refractivity contribution in [3.8, 4) is 5.75 Å². The Kier molecular flexibility index (Phi) is 4.74. The molecule has 88 valence electrons. The average Bonchev–Trinajstić information content (AvgIpc) is 2.19. The van der Waals surface area contributed by atoms with Crippen molar-refractivity contribution < 1.29 is 4.74 Å². The number of ether oxygens (including phenoxy) is 1. The number of rotatable bonds is 5. The Morgan fingerprint density at radius 2 is 1.81 bits per heavy atom. The van der Waals surface area contributed by atoms with E-state index in [0.717, 1.165) is 18.6 Å². The highest BCUT2D eigenvalue weighted by molar-refractivity contribution is 7.80. The van der Waals surface area contributed by atoms with Gasteiger partial charge in [0.25, 0.3) is 0 Å². The van der Waals surface area contributed by atoms with Crippen LogP contribution in [-0.4, -0.2) is 11.6 Å². The molecular weight excluding hydrogens is 218 g/mol. The van der Waals surface area contributed by atoms with Crippen molar-refractivity contribution in [1.82, 2.24) is 0 Å². The van der Waals surface area contributed by atoms with Gasteiger partial charge in [0.05, 0.1) is 11.6 Å². The first-order chi connectivity index (χ1) is 7.50. The van der Waals surface area contributed by atoms with Crippen LogP contribution in [0.4, 0.5) is 0 Å². The van der Waals surface area contributed by atoms with Crippen LogP contribution in [-0.2, 0) is 0 Å². The summed E-state index contributed by atoms with van der Waals surface area (Å²) in [6.07, 6.45) is 1.63. The lowest BCUT2D eigenvalue weighted by Gasteiger charge is -2.11. The number of hydrogen-bond acceptors (Lipinski definition) is 2. The number of thiocarbonyl (C=S) groups is 1. The van der Waals surface area contributed by atoms with E-state index in [9.17, 15) is 0 Å². The lowest BCUT2D eigenvalue weighted by atomic mass is 10.1. The lowest BCUT2D eigenvalue weighted by molar-refractivity contribution is 0.311. The van der Waals surface area contributed by atoms with Crippen molar-refractivity contribution >= 4 is 17.2 Å². The molecule has 1 aromatic carbocycles. The highest BCUT2D eigenvalue weighted by Crippen LogP contribution is 2.22. The Morgan fingerprint density at radius 3 is 2.44 bits per heavy atom. The molecule has 0 fully saturated rings. The molecule has 1 aromatic rings. The van der Waals surface area contributed by atoms with E-state index in [4.69, 9.17) is 22.7 Å². The van der Waals surface area contributed by atoms with E-state index in [-0.39, 0.29) is 0 Å². The van der Waals surface area contributed by atoms with Crippen LogP contribution in [0.25, 0.3) is 0 Å². The minimum atomic E-state index is 0.556. The fourth-order valence-electron chi connectivity index (χ4n) is 1.52. The summed E-state index contributed by atoms with van der Waals surface area (Å²) in [5.41, 5.74) is 9.16. The molecule has 16 heavy (non-hydrogen) atoms. The summed E-state index contributed by atoms with van der Waals surface area (Å²) in [6, 6.07) is 4.24. The smallest absolute Gasteiger partial charge is 0.122 e. The summed E-state index contributed by atoms with van der Waals surface area (Å²) < 4.78 is 5.71. The van der Waals surface area contributed by atoms with Crippen LogP contribution in [0, 0.1) is 20.8 Å². The molecule has 2 N–H and O–H groups in total. The Morgan fingerprint density at radius 1 is 1.19 bits per heavy atom. The summed E-state index contributed by atoms with van der Waals surface area (Å²) in [6.45, 7) is 6.94. The second kappa shape index (κ2) is 5.85. The molecule has 0 aliphatic carbocycles. The molecule has 0 saturated heterocycles. The van der Waals surface area contributed by atoms with Gasteiger partial charge >= 0.3 is 0 Å². The van der Waals surface area contributed by atoms with Crippen molar-refractivity contribution in [1.29, 1.82) is 0 Å². The van der Waals surface area contributed by atoms with Gasteiger partial charge in [-0.05, 0) is 49.9 Å². The standard InChI is InChI=1S/C13H19NOS/c1-9-7-11(3)12(8-10(9)2)15-6-4-5-13(14)16/h7-8H,4-6H2,1-3H3,(H2,14,16). The molecule has 0 saturated carbocycles. The summed E-state index contributed by atoms with van der Waals surface area (Å²) >= 11 is 4.81.